The van der Waals surface area contributed by atoms with Crippen LogP contribution in [0.1, 0.15) is 18.1 Å². The molecule has 0 bridgehead atoms. The van der Waals surface area contributed by atoms with Crippen LogP contribution in [0.15, 0.2) is 42.0 Å². The quantitative estimate of drug-likeness (QED) is 0.502. The molecular weight excluding hydrogens is 304 g/mol. The van der Waals surface area contributed by atoms with Gasteiger partial charge in [-0.1, -0.05) is 43.0 Å². The van der Waals surface area contributed by atoms with E-state index in [0.717, 1.165) is 6.42 Å². The normalized spacial score (nSPS) is 10.5. The van der Waals surface area contributed by atoms with Crippen LogP contribution in [0, 0.1) is 20.9 Å². The van der Waals surface area contributed by atoms with E-state index in [1.165, 1.54) is 27.5 Å². The molecule has 1 aliphatic rings. The molecule has 2 aromatic carbocycles. The summed E-state index contributed by atoms with van der Waals surface area (Å²) in [6.07, 6.45) is 4.53. The van der Waals surface area contributed by atoms with Crippen LogP contribution in [-0.2, 0) is 28.1 Å². The van der Waals surface area contributed by atoms with Gasteiger partial charge in [0, 0.05) is 11.0 Å². The fourth-order valence-electron chi connectivity index (χ4n) is 2.15. The van der Waals surface area contributed by atoms with Crippen LogP contribution in [0.3, 0.4) is 0 Å². The SMILES string of the molecule is CC1=[C-]c2c(ccc3ccccc23)C1.[CH3-].[CH3-].[Cl-].[Si].[Ti+4]. The molecule has 96 valence electrons. The number of hydrogen-bond donors (Lipinski definition) is 0. The van der Waals surface area contributed by atoms with Crippen molar-refractivity contribution in [1.29, 1.82) is 0 Å². The van der Waals surface area contributed by atoms with Gasteiger partial charge in [0.05, 0.1) is 0 Å². The Kier molecular flexibility index (Phi) is 11.9. The zero-order valence-corrected chi connectivity index (χ0v) is 14.9. The van der Waals surface area contributed by atoms with Crippen LogP contribution < -0.4 is 12.4 Å². The van der Waals surface area contributed by atoms with Crippen molar-refractivity contribution in [3.05, 3.63) is 74.0 Å². The van der Waals surface area contributed by atoms with Gasteiger partial charge in [0.15, 0.2) is 0 Å². The molecule has 0 N–H and O–H groups in total. The maximum absolute atomic E-state index is 3.46. The molecule has 0 amide bonds. The van der Waals surface area contributed by atoms with E-state index in [1.54, 1.807) is 0 Å². The van der Waals surface area contributed by atoms with Crippen LogP contribution in [0.2, 0.25) is 0 Å². The summed E-state index contributed by atoms with van der Waals surface area (Å²) in [5, 5.41) is 2.65. The molecule has 0 heterocycles. The predicted octanol–water partition coefficient (Wildman–Crippen LogP) is 1.01. The largest absolute Gasteiger partial charge is 4.00 e. The number of allylic oxidation sites excluding steroid dienone is 1. The number of rotatable bonds is 0. The summed E-state index contributed by atoms with van der Waals surface area (Å²) in [6.45, 7) is 2.15. The minimum atomic E-state index is 0. The Balaban J connectivity index is -0.000000512. The fourth-order valence-corrected chi connectivity index (χ4v) is 2.15. The Morgan fingerprint density at radius 1 is 1.00 bits per heavy atom. The van der Waals surface area contributed by atoms with Crippen LogP contribution in [0.25, 0.3) is 10.8 Å². The van der Waals surface area contributed by atoms with Crippen molar-refractivity contribution in [1.82, 2.24) is 0 Å². The number of fused-ring (bicyclic) bond motifs is 3. The van der Waals surface area contributed by atoms with Crippen LogP contribution in [-0.4, -0.2) is 11.0 Å². The Morgan fingerprint density at radius 3 is 2.32 bits per heavy atom. The van der Waals surface area contributed by atoms with E-state index in [2.05, 4.69) is 49.4 Å². The first-order chi connectivity index (χ1) is 6.84. The first-order valence-electron chi connectivity index (χ1n) is 4.95. The second-order valence-corrected chi connectivity index (χ2v) is 3.90. The summed E-state index contributed by atoms with van der Waals surface area (Å²) < 4.78 is 0. The van der Waals surface area contributed by atoms with Crippen LogP contribution >= 0.6 is 0 Å². The van der Waals surface area contributed by atoms with Gasteiger partial charge in [-0.2, -0.15) is 11.6 Å². The van der Waals surface area contributed by atoms with Gasteiger partial charge in [0.25, 0.3) is 0 Å². The summed E-state index contributed by atoms with van der Waals surface area (Å²) in [5.74, 6) is 0. The van der Waals surface area contributed by atoms with Crippen LogP contribution in [0.4, 0.5) is 0 Å². The number of halogens is 1. The molecule has 0 unspecified atom stereocenters. The van der Waals surface area contributed by atoms with E-state index in [-0.39, 0.29) is 59.9 Å². The second-order valence-electron chi connectivity index (χ2n) is 3.90. The molecule has 1 aliphatic carbocycles. The van der Waals surface area contributed by atoms with Gasteiger partial charge in [0.2, 0.25) is 0 Å². The average Bonchev–Trinajstić information content (AvgIpc) is 2.59. The predicted molar refractivity (Wildman–Crippen MR) is 77.8 cm³/mol. The molecule has 2 aromatic rings. The molecule has 0 fully saturated rings. The van der Waals surface area contributed by atoms with Crippen molar-refractivity contribution in [2.24, 2.45) is 0 Å². The smallest absolute Gasteiger partial charge is 1.00 e. The molecule has 0 nitrogen and oxygen atoms in total. The van der Waals surface area contributed by atoms with E-state index in [9.17, 15) is 0 Å². The van der Waals surface area contributed by atoms with Gasteiger partial charge < -0.3 is 27.3 Å². The molecule has 0 saturated carbocycles. The van der Waals surface area contributed by atoms with Crippen molar-refractivity contribution in [2.75, 3.05) is 0 Å². The van der Waals surface area contributed by atoms with Crippen molar-refractivity contribution in [3.8, 4) is 0 Å². The number of benzene rings is 2. The van der Waals surface area contributed by atoms with E-state index in [4.69, 9.17) is 0 Å². The fraction of sp³-hybridized carbons (Fsp3) is 0.125. The van der Waals surface area contributed by atoms with E-state index < -0.39 is 0 Å². The van der Waals surface area contributed by atoms with Gasteiger partial charge in [-0.25, -0.2) is 0 Å². The minimum Gasteiger partial charge on any atom is -1.00 e. The standard InChI is InChI=1S/C14H11.2CH3.ClH.Si.Ti/c1-10-8-12-7-6-11-4-2-3-5-13(11)14(12)9-10;;;;;/h2-7H,8H2,1H3;2*1H3;1H;;/q3*-1;;;+4/p-1. The molecule has 0 atom stereocenters. The summed E-state index contributed by atoms with van der Waals surface area (Å²) >= 11 is 0. The molecule has 0 aromatic heterocycles. The third-order valence-corrected chi connectivity index (χ3v) is 2.81. The first-order valence-corrected chi connectivity index (χ1v) is 4.95. The third kappa shape index (κ3) is 4.32. The van der Waals surface area contributed by atoms with E-state index in [1.807, 2.05) is 0 Å². The van der Waals surface area contributed by atoms with Gasteiger partial charge >= 0.3 is 21.7 Å². The molecule has 3 rings (SSSR count). The summed E-state index contributed by atoms with van der Waals surface area (Å²) in [7, 11) is 0. The monoisotopic (exact) mass is 320 g/mol. The maximum Gasteiger partial charge on any atom is 4.00 e. The first kappa shape index (κ1) is 23.7. The Hall–Kier alpha value is -0.339. The minimum absolute atomic E-state index is 0. The summed E-state index contributed by atoms with van der Waals surface area (Å²) in [5.41, 5.74) is 4.07. The number of hydrogen-bond acceptors (Lipinski definition) is 0. The Labute approximate surface area is 143 Å². The summed E-state index contributed by atoms with van der Waals surface area (Å²) in [6, 6.07) is 12.9. The van der Waals surface area contributed by atoms with Crippen LogP contribution in [0.5, 0.6) is 0 Å². The summed E-state index contributed by atoms with van der Waals surface area (Å²) in [4.78, 5) is 0. The van der Waals surface area contributed by atoms with Gasteiger partial charge in [-0.05, 0) is 0 Å². The van der Waals surface area contributed by atoms with Crippen molar-refractivity contribution in [2.45, 2.75) is 13.3 Å². The molecule has 0 saturated heterocycles. The molecule has 4 radical (unpaired) electrons. The zero-order chi connectivity index (χ0) is 9.54. The topological polar surface area (TPSA) is 0 Å². The molecule has 0 spiro atoms. The third-order valence-electron chi connectivity index (χ3n) is 2.81. The zero-order valence-electron chi connectivity index (χ0n) is 11.5. The Morgan fingerprint density at radius 2 is 1.63 bits per heavy atom. The van der Waals surface area contributed by atoms with Gasteiger partial charge in [-0.3, -0.25) is 0 Å². The van der Waals surface area contributed by atoms with Crippen molar-refractivity contribution >= 4 is 21.7 Å². The Bertz CT molecular complexity index is 549. The van der Waals surface area contributed by atoms with Crippen molar-refractivity contribution < 1.29 is 34.1 Å². The molecule has 3 heteroatoms. The molecule has 19 heavy (non-hydrogen) atoms. The van der Waals surface area contributed by atoms with E-state index >= 15 is 0 Å². The van der Waals surface area contributed by atoms with Crippen molar-refractivity contribution in [3.63, 3.8) is 0 Å². The van der Waals surface area contributed by atoms with E-state index in [0.29, 0.717) is 0 Å². The average molecular weight is 321 g/mol. The maximum atomic E-state index is 3.46. The van der Waals surface area contributed by atoms with Gasteiger partial charge in [0.1, 0.15) is 0 Å². The second kappa shape index (κ2) is 9.55. The molecular formula is C16H17ClSiTi. The molecule has 0 aliphatic heterocycles. The van der Waals surface area contributed by atoms with Gasteiger partial charge in [-0.15, -0.1) is 28.7 Å².